The van der Waals surface area contributed by atoms with Gasteiger partial charge in [-0.15, -0.1) is 0 Å². The van der Waals surface area contributed by atoms with Crippen molar-refractivity contribution in [2.45, 2.75) is 25.4 Å². The van der Waals surface area contributed by atoms with Crippen molar-refractivity contribution in [3.8, 4) is 5.75 Å². The van der Waals surface area contributed by atoms with Crippen LogP contribution >= 0.6 is 0 Å². The molecule has 7 nitrogen and oxygen atoms in total. The Morgan fingerprint density at radius 2 is 2.04 bits per heavy atom. The number of fused-ring (bicyclic) bond motifs is 1. The number of hydrogen-bond donors (Lipinski definition) is 1. The van der Waals surface area contributed by atoms with Crippen molar-refractivity contribution in [2.24, 2.45) is 0 Å². The van der Waals surface area contributed by atoms with Crippen LogP contribution in [0.4, 0.5) is 5.95 Å². The molecule has 1 aliphatic rings. The Labute approximate surface area is 156 Å². The monoisotopic (exact) mass is 366 g/mol. The van der Waals surface area contributed by atoms with Crippen LogP contribution in [0.15, 0.2) is 47.4 Å². The molecule has 0 radical (unpaired) electrons. The molecule has 0 spiro atoms. The zero-order valence-electron chi connectivity index (χ0n) is 15.2. The van der Waals surface area contributed by atoms with Gasteiger partial charge in [0.05, 0.1) is 26.3 Å². The number of aliphatic hydroxyl groups excluding tert-OH is 1. The first-order valence-electron chi connectivity index (χ1n) is 9.06. The Bertz CT molecular complexity index is 1000. The van der Waals surface area contributed by atoms with Gasteiger partial charge in [0.15, 0.2) is 0 Å². The molecule has 1 fully saturated rings. The van der Waals surface area contributed by atoms with Gasteiger partial charge >= 0.3 is 0 Å². The molecule has 140 valence electrons. The highest BCUT2D eigenvalue weighted by Crippen LogP contribution is 2.23. The summed E-state index contributed by atoms with van der Waals surface area (Å²) >= 11 is 0. The van der Waals surface area contributed by atoms with E-state index in [9.17, 15) is 9.90 Å². The number of benzene rings is 1. The third kappa shape index (κ3) is 3.38. The molecule has 7 heteroatoms. The summed E-state index contributed by atoms with van der Waals surface area (Å²) < 4.78 is 6.85. The van der Waals surface area contributed by atoms with Gasteiger partial charge in [-0.3, -0.25) is 9.36 Å². The summed E-state index contributed by atoms with van der Waals surface area (Å²) in [6, 6.07) is 11.0. The van der Waals surface area contributed by atoms with Gasteiger partial charge < -0.3 is 14.7 Å². The molecule has 1 N–H and O–H groups in total. The summed E-state index contributed by atoms with van der Waals surface area (Å²) in [6.07, 6.45) is 3.67. The van der Waals surface area contributed by atoms with Crippen LogP contribution in [-0.2, 0) is 6.54 Å². The fourth-order valence-electron chi connectivity index (χ4n) is 3.56. The molecule has 1 aliphatic heterocycles. The summed E-state index contributed by atoms with van der Waals surface area (Å²) in [5.41, 5.74) is 1.48. The first kappa shape index (κ1) is 17.5. The lowest BCUT2D eigenvalue weighted by Gasteiger charge is -2.23. The van der Waals surface area contributed by atoms with Crippen LogP contribution in [0.25, 0.3) is 11.0 Å². The smallest absolute Gasteiger partial charge is 0.252 e. The van der Waals surface area contributed by atoms with E-state index in [4.69, 9.17) is 4.74 Å². The fourth-order valence-corrected chi connectivity index (χ4v) is 3.56. The molecule has 1 aromatic carbocycles. The minimum absolute atomic E-state index is 0.0351. The van der Waals surface area contributed by atoms with Crippen molar-refractivity contribution in [3.05, 3.63) is 58.5 Å². The lowest BCUT2D eigenvalue weighted by molar-refractivity contribution is 0.265. The van der Waals surface area contributed by atoms with Crippen LogP contribution in [0.3, 0.4) is 0 Å². The topological polar surface area (TPSA) is 80.5 Å². The number of ether oxygens (including phenoxy) is 1. The molecule has 4 rings (SSSR count). The van der Waals surface area contributed by atoms with E-state index in [1.54, 1.807) is 30.0 Å². The van der Waals surface area contributed by atoms with Gasteiger partial charge in [0, 0.05) is 24.2 Å². The number of anilines is 1. The summed E-state index contributed by atoms with van der Waals surface area (Å²) in [5.74, 6) is 1.34. The second kappa shape index (κ2) is 7.36. The Kier molecular flexibility index (Phi) is 4.77. The van der Waals surface area contributed by atoms with Crippen molar-refractivity contribution >= 4 is 17.0 Å². The predicted molar refractivity (Wildman–Crippen MR) is 103 cm³/mol. The van der Waals surface area contributed by atoms with Gasteiger partial charge in [0.1, 0.15) is 11.4 Å². The highest BCUT2D eigenvalue weighted by atomic mass is 16.5. The van der Waals surface area contributed by atoms with E-state index in [1.165, 1.54) is 0 Å². The molecular formula is C20H22N4O3. The summed E-state index contributed by atoms with van der Waals surface area (Å²) in [5, 5.41) is 10.4. The Morgan fingerprint density at radius 1 is 1.22 bits per heavy atom. The number of rotatable bonds is 5. The van der Waals surface area contributed by atoms with Crippen molar-refractivity contribution < 1.29 is 9.84 Å². The summed E-state index contributed by atoms with van der Waals surface area (Å²) in [4.78, 5) is 23.7. The van der Waals surface area contributed by atoms with E-state index in [0.717, 1.165) is 36.1 Å². The minimum Gasteiger partial charge on any atom is -0.497 e. The van der Waals surface area contributed by atoms with Gasteiger partial charge in [-0.1, -0.05) is 12.1 Å². The van der Waals surface area contributed by atoms with Crippen molar-refractivity contribution in [3.63, 3.8) is 0 Å². The molecular weight excluding hydrogens is 344 g/mol. The lowest BCUT2D eigenvalue weighted by atomic mass is 10.2. The van der Waals surface area contributed by atoms with E-state index in [1.807, 2.05) is 29.2 Å². The van der Waals surface area contributed by atoms with Crippen LogP contribution in [-0.4, -0.2) is 45.9 Å². The lowest BCUT2D eigenvalue weighted by Crippen LogP contribution is -2.33. The minimum atomic E-state index is -0.108. The van der Waals surface area contributed by atoms with Gasteiger partial charge in [-0.05, 0) is 36.6 Å². The van der Waals surface area contributed by atoms with Crippen LogP contribution in [0, 0.1) is 0 Å². The van der Waals surface area contributed by atoms with Gasteiger partial charge in [0.2, 0.25) is 5.95 Å². The molecule has 2 aromatic heterocycles. The predicted octanol–water partition coefficient (Wildman–Crippen LogP) is 1.81. The molecule has 0 bridgehead atoms. The molecule has 3 aromatic rings. The van der Waals surface area contributed by atoms with E-state index in [2.05, 4.69) is 9.97 Å². The standard InChI is InChI=1S/C20H22N4O3/c1-27-17-7-4-14(5-8-17)12-24-18(26)9-6-15-11-21-20(22-19(15)24)23-10-2-3-16(23)13-25/h4-9,11,16,25H,2-3,10,12-13H2,1H3. The van der Waals surface area contributed by atoms with E-state index >= 15 is 0 Å². The quantitative estimate of drug-likeness (QED) is 0.742. The second-order valence-corrected chi connectivity index (χ2v) is 6.73. The average Bonchev–Trinajstić information content (AvgIpc) is 3.19. The molecule has 3 heterocycles. The SMILES string of the molecule is COc1ccc(Cn2c(=O)ccc3cnc(N4CCCC4CO)nc32)cc1. The summed E-state index contributed by atoms with van der Waals surface area (Å²) in [7, 11) is 1.63. The number of pyridine rings is 1. The second-order valence-electron chi connectivity index (χ2n) is 6.73. The molecule has 1 atom stereocenters. The zero-order chi connectivity index (χ0) is 18.8. The van der Waals surface area contributed by atoms with Crippen molar-refractivity contribution in [1.29, 1.82) is 0 Å². The van der Waals surface area contributed by atoms with Crippen molar-refractivity contribution in [2.75, 3.05) is 25.2 Å². The normalized spacial score (nSPS) is 16.8. The first-order valence-corrected chi connectivity index (χ1v) is 9.06. The number of aromatic nitrogens is 3. The van der Waals surface area contributed by atoms with Crippen LogP contribution < -0.4 is 15.2 Å². The van der Waals surface area contributed by atoms with Gasteiger partial charge in [-0.25, -0.2) is 4.98 Å². The number of nitrogens with zero attached hydrogens (tertiary/aromatic N) is 4. The van der Waals surface area contributed by atoms with Gasteiger partial charge in [-0.2, -0.15) is 4.98 Å². The number of hydrogen-bond acceptors (Lipinski definition) is 6. The Morgan fingerprint density at radius 3 is 2.78 bits per heavy atom. The number of aliphatic hydroxyl groups is 1. The third-order valence-electron chi connectivity index (χ3n) is 5.05. The zero-order valence-corrected chi connectivity index (χ0v) is 15.2. The van der Waals surface area contributed by atoms with Crippen molar-refractivity contribution in [1.82, 2.24) is 14.5 Å². The maximum absolute atomic E-state index is 12.5. The third-order valence-corrected chi connectivity index (χ3v) is 5.05. The molecule has 0 aliphatic carbocycles. The van der Waals surface area contributed by atoms with Crippen LogP contribution in [0.1, 0.15) is 18.4 Å². The number of methoxy groups -OCH3 is 1. The van der Waals surface area contributed by atoms with Gasteiger partial charge in [0.25, 0.3) is 5.56 Å². The summed E-state index contributed by atoms with van der Waals surface area (Å²) in [6.45, 7) is 1.31. The average molecular weight is 366 g/mol. The Hall–Kier alpha value is -2.93. The molecule has 0 saturated carbocycles. The largest absolute Gasteiger partial charge is 0.497 e. The molecule has 1 unspecified atom stereocenters. The highest BCUT2D eigenvalue weighted by Gasteiger charge is 2.26. The fraction of sp³-hybridized carbons (Fsp3) is 0.350. The van der Waals surface area contributed by atoms with E-state index in [0.29, 0.717) is 18.1 Å². The maximum Gasteiger partial charge on any atom is 0.252 e. The molecule has 1 saturated heterocycles. The Balaban J connectivity index is 1.75. The van der Waals surface area contributed by atoms with Crippen LogP contribution in [0.5, 0.6) is 5.75 Å². The molecule has 0 amide bonds. The van der Waals surface area contributed by atoms with E-state index < -0.39 is 0 Å². The molecule has 27 heavy (non-hydrogen) atoms. The van der Waals surface area contributed by atoms with E-state index in [-0.39, 0.29) is 18.2 Å². The first-order chi connectivity index (χ1) is 13.2. The maximum atomic E-state index is 12.5. The highest BCUT2D eigenvalue weighted by molar-refractivity contribution is 5.75. The van der Waals surface area contributed by atoms with Crippen LogP contribution in [0.2, 0.25) is 0 Å².